The maximum Gasteiger partial charge on any atom is 0.0541 e. The van der Waals surface area contributed by atoms with Crippen molar-refractivity contribution in [3.05, 3.63) is 388 Å². The summed E-state index contributed by atoms with van der Waals surface area (Å²) in [7, 11) is 0. The van der Waals surface area contributed by atoms with Gasteiger partial charge in [0.2, 0.25) is 0 Å². The average Bonchev–Trinajstić information content (AvgIpc) is 1.60. The van der Waals surface area contributed by atoms with Gasteiger partial charge in [-0.2, -0.15) is 0 Å². The zero-order valence-corrected chi connectivity index (χ0v) is 54.7. The Labute approximate surface area is 579 Å². The molecule has 100 heavy (non-hydrogen) atoms. The van der Waals surface area contributed by atoms with Crippen LogP contribution in [0.5, 0.6) is 0 Å². The largest absolute Gasteiger partial charge is 0.309 e. The van der Waals surface area contributed by atoms with E-state index in [9.17, 15) is 0 Å². The molecule has 16 aromatic carbocycles. The van der Waals surface area contributed by atoms with Crippen molar-refractivity contribution >= 4 is 87.2 Å². The third-order valence-corrected chi connectivity index (χ3v) is 20.3. The summed E-state index contributed by atoms with van der Waals surface area (Å²) in [5, 5.41) is 10.0. The minimum atomic E-state index is 1.15. The van der Waals surface area contributed by atoms with Gasteiger partial charge in [0.25, 0.3) is 0 Å². The Hall–Kier alpha value is -13.3. The summed E-state index contributed by atoms with van der Waals surface area (Å²) >= 11 is 0. The number of benzene rings is 16. The van der Waals surface area contributed by atoms with Gasteiger partial charge in [-0.05, 0) is 200 Å². The molecule has 4 nitrogen and oxygen atoms in total. The van der Waals surface area contributed by atoms with E-state index < -0.39 is 0 Å². The smallest absolute Gasteiger partial charge is 0.0541 e. The summed E-state index contributed by atoms with van der Waals surface area (Å²) in [6.07, 6.45) is 0. The zero-order chi connectivity index (χ0) is 66.0. The Morgan fingerprint density at radius 2 is 0.280 bits per heavy atom. The maximum absolute atomic E-state index is 2.41. The molecule has 0 aliphatic carbocycles. The van der Waals surface area contributed by atoms with Crippen LogP contribution in [-0.2, 0) is 0 Å². The fraction of sp³-hybridized carbons (Fsp3) is 0. The van der Waals surface area contributed by atoms with Gasteiger partial charge < -0.3 is 18.3 Å². The molecule has 468 valence electrons. The molecular formula is C96H64N4. The average molecular weight is 1270 g/mol. The van der Waals surface area contributed by atoms with Gasteiger partial charge >= 0.3 is 0 Å². The van der Waals surface area contributed by atoms with E-state index in [-0.39, 0.29) is 0 Å². The molecule has 0 unspecified atom stereocenters. The summed E-state index contributed by atoms with van der Waals surface area (Å²) in [4.78, 5) is 0. The van der Waals surface area contributed by atoms with Gasteiger partial charge in [-0.1, -0.05) is 255 Å². The highest BCUT2D eigenvalue weighted by Gasteiger charge is 2.20. The van der Waals surface area contributed by atoms with E-state index in [2.05, 4.69) is 407 Å². The van der Waals surface area contributed by atoms with Crippen LogP contribution in [0.3, 0.4) is 0 Å². The number of aromatic nitrogens is 4. The topological polar surface area (TPSA) is 19.7 Å². The minimum Gasteiger partial charge on any atom is -0.309 e. The Kier molecular flexibility index (Phi) is 14.2. The molecule has 0 aliphatic heterocycles. The lowest BCUT2D eigenvalue weighted by atomic mass is 9.99. The van der Waals surface area contributed by atoms with Crippen LogP contribution in [0.15, 0.2) is 388 Å². The zero-order valence-electron chi connectivity index (χ0n) is 54.7. The van der Waals surface area contributed by atoms with E-state index in [0.29, 0.717) is 0 Å². The molecule has 4 aromatic heterocycles. The monoisotopic (exact) mass is 1270 g/mol. The number of hydrogen-bond donors (Lipinski definition) is 0. The van der Waals surface area contributed by atoms with Crippen molar-refractivity contribution in [1.29, 1.82) is 0 Å². The first-order valence-electron chi connectivity index (χ1n) is 34.4. The molecule has 0 radical (unpaired) electrons. The molecule has 4 heterocycles. The molecule has 0 spiro atoms. The van der Waals surface area contributed by atoms with Crippen LogP contribution < -0.4 is 0 Å². The van der Waals surface area contributed by atoms with Gasteiger partial charge in [0.05, 0.1) is 44.1 Å². The molecule has 0 amide bonds. The maximum atomic E-state index is 2.41. The predicted molar refractivity (Wildman–Crippen MR) is 423 cm³/mol. The summed E-state index contributed by atoms with van der Waals surface area (Å²) < 4.78 is 9.57. The standard InChI is InChI=1S/2C48H32N2/c1-4-12-33(13-5-1)35-20-25-40(26-21-35)50-45-19-11-10-18-41(45)42-31-37(23-28-46(42)50)38-24-29-48-44(32-38)43-30-36(34-14-6-2-7-15-34)22-27-47(43)49(48)39-16-8-3-9-17-39;1-4-12-33(13-5-1)35-20-25-40(26-21-35)50-47-27-22-36(34-14-6-2-7-15-34)30-43(47)44-32-38(24-29-48(44)50)37-23-28-46-42(31-37)41-18-10-11-19-45(41)49(46)39-16-8-3-9-17-39/h2*1-32H. The number of hydrogen-bond acceptors (Lipinski definition) is 0. The normalized spacial score (nSPS) is 11.6. The lowest BCUT2D eigenvalue weighted by molar-refractivity contribution is 1.18. The minimum absolute atomic E-state index is 1.15. The van der Waals surface area contributed by atoms with Gasteiger partial charge in [0.1, 0.15) is 0 Å². The van der Waals surface area contributed by atoms with E-state index in [1.54, 1.807) is 0 Å². The van der Waals surface area contributed by atoms with Crippen LogP contribution in [0.2, 0.25) is 0 Å². The van der Waals surface area contributed by atoms with Crippen LogP contribution in [0, 0.1) is 0 Å². The van der Waals surface area contributed by atoms with E-state index in [1.165, 1.54) is 165 Å². The van der Waals surface area contributed by atoms with E-state index >= 15 is 0 Å². The van der Waals surface area contributed by atoms with Crippen LogP contribution in [-0.4, -0.2) is 18.3 Å². The molecule has 0 saturated heterocycles. The summed E-state index contributed by atoms with van der Waals surface area (Å²) in [6, 6.07) is 141. The third-order valence-electron chi connectivity index (χ3n) is 20.3. The van der Waals surface area contributed by atoms with Gasteiger partial charge in [0.15, 0.2) is 0 Å². The number of fused-ring (bicyclic) bond motifs is 12. The van der Waals surface area contributed by atoms with E-state index in [4.69, 9.17) is 0 Å². The Morgan fingerprint density at radius 3 is 0.550 bits per heavy atom. The SMILES string of the molecule is c1ccc(-c2ccc(-n3c4ccc(-c5ccccc5)cc4c4cc(-c5ccc6c(c5)c5ccccc5n6-c5ccccc5)ccc43)cc2)cc1.c1ccc(-c2ccc(-n3c4ccccc4c4cc(-c5ccc6c(c5)c5cc(-c7ccccc7)ccc5n6-c5ccccc5)ccc43)cc2)cc1. The second-order valence-electron chi connectivity index (χ2n) is 26.0. The van der Waals surface area contributed by atoms with Crippen LogP contribution in [0.4, 0.5) is 0 Å². The Morgan fingerprint density at radius 1 is 0.110 bits per heavy atom. The molecule has 0 fully saturated rings. The van der Waals surface area contributed by atoms with E-state index in [0.717, 1.165) is 11.4 Å². The number of para-hydroxylation sites is 4. The van der Waals surface area contributed by atoms with Crippen molar-refractivity contribution in [2.75, 3.05) is 0 Å². The highest BCUT2D eigenvalue weighted by atomic mass is 15.0. The quantitative estimate of drug-likeness (QED) is 0.130. The highest BCUT2D eigenvalue weighted by Crippen LogP contribution is 2.43. The fourth-order valence-electron chi connectivity index (χ4n) is 15.5. The van der Waals surface area contributed by atoms with Crippen LogP contribution >= 0.6 is 0 Å². The van der Waals surface area contributed by atoms with Crippen molar-refractivity contribution in [3.8, 4) is 89.5 Å². The highest BCUT2D eigenvalue weighted by molar-refractivity contribution is 6.16. The molecular weight excluding hydrogens is 1210 g/mol. The second kappa shape index (κ2) is 24.4. The van der Waals surface area contributed by atoms with Gasteiger partial charge in [-0.15, -0.1) is 0 Å². The van der Waals surface area contributed by atoms with Gasteiger partial charge in [-0.3, -0.25) is 0 Å². The first-order chi connectivity index (χ1) is 49.6. The summed E-state index contributed by atoms with van der Waals surface area (Å²) in [5.74, 6) is 0. The van der Waals surface area contributed by atoms with Gasteiger partial charge in [-0.25, -0.2) is 0 Å². The molecule has 0 saturated carbocycles. The van der Waals surface area contributed by atoms with Crippen molar-refractivity contribution < 1.29 is 0 Å². The van der Waals surface area contributed by atoms with Crippen molar-refractivity contribution in [2.45, 2.75) is 0 Å². The third kappa shape index (κ3) is 10.1. The molecule has 0 bridgehead atoms. The predicted octanol–water partition coefficient (Wildman–Crippen LogP) is 25.8. The summed E-state index contributed by atoms with van der Waals surface area (Å²) in [5.41, 5.74) is 28.9. The summed E-state index contributed by atoms with van der Waals surface area (Å²) in [6.45, 7) is 0. The molecule has 0 atom stereocenters. The fourth-order valence-corrected chi connectivity index (χ4v) is 15.5. The van der Waals surface area contributed by atoms with Crippen molar-refractivity contribution in [1.82, 2.24) is 18.3 Å². The Balaban J connectivity index is 0.000000139. The molecule has 20 aromatic rings. The first kappa shape index (κ1) is 58.1. The first-order valence-corrected chi connectivity index (χ1v) is 34.4. The van der Waals surface area contributed by atoms with Crippen molar-refractivity contribution in [3.63, 3.8) is 0 Å². The Bertz CT molecular complexity index is 6440. The van der Waals surface area contributed by atoms with Crippen molar-refractivity contribution in [2.24, 2.45) is 0 Å². The molecule has 20 rings (SSSR count). The van der Waals surface area contributed by atoms with Gasteiger partial charge in [0, 0.05) is 65.8 Å². The lowest BCUT2D eigenvalue weighted by Gasteiger charge is -2.10. The molecule has 4 heteroatoms. The number of nitrogens with zero attached hydrogens (tertiary/aromatic N) is 4. The van der Waals surface area contributed by atoms with Crippen LogP contribution in [0.25, 0.3) is 177 Å². The molecule has 0 aliphatic rings. The van der Waals surface area contributed by atoms with E-state index in [1.807, 2.05) is 0 Å². The lowest BCUT2D eigenvalue weighted by Crippen LogP contribution is -1.94. The number of rotatable bonds is 10. The van der Waals surface area contributed by atoms with Crippen LogP contribution in [0.1, 0.15) is 0 Å². The second-order valence-corrected chi connectivity index (χ2v) is 26.0. The molecule has 0 N–H and O–H groups in total.